The third kappa shape index (κ3) is 2.76. The monoisotopic (exact) mass is 326 g/mol. The van der Waals surface area contributed by atoms with Crippen LogP contribution in [0.25, 0.3) is 16.6 Å². The highest BCUT2D eigenvalue weighted by atomic mass is 79.9. The highest BCUT2D eigenvalue weighted by molar-refractivity contribution is 9.10. The summed E-state index contributed by atoms with van der Waals surface area (Å²) in [6.45, 7) is 4.00. The van der Waals surface area contributed by atoms with E-state index in [4.69, 9.17) is 5.26 Å². The first kappa shape index (κ1) is 14.4. The number of nitriles is 1. The van der Waals surface area contributed by atoms with Gasteiger partial charge in [0.05, 0.1) is 17.1 Å². The Morgan fingerprint density at radius 2 is 1.85 bits per heavy atom. The van der Waals surface area contributed by atoms with Crippen LogP contribution in [0, 0.1) is 11.3 Å². The van der Waals surface area contributed by atoms with Gasteiger partial charge in [-0.3, -0.25) is 0 Å². The van der Waals surface area contributed by atoms with Crippen LogP contribution < -0.4 is 0 Å². The van der Waals surface area contributed by atoms with Crippen molar-refractivity contribution in [1.29, 1.82) is 5.26 Å². The van der Waals surface area contributed by atoms with Gasteiger partial charge in [-0.15, -0.1) is 0 Å². The normalized spacial score (nSPS) is 9.70. The van der Waals surface area contributed by atoms with Gasteiger partial charge in [-0.05, 0) is 42.5 Å². The molecule has 0 aliphatic rings. The van der Waals surface area contributed by atoms with Gasteiger partial charge in [0.15, 0.2) is 0 Å². The first-order chi connectivity index (χ1) is 9.78. The SMILES string of the molecule is CC.N#Cc1cccc(-n2ccc3cc(Br)ccc32)c1. The lowest BCUT2D eigenvalue weighted by Gasteiger charge is -2.05. The van der Waals surface area contributed by atoms with E-state index in [-0.39, 0.29) is 0 Å². The molecule has 1 aromatic heterocycles. The van der Waals surface area contributed by atoms with E-state index in [1.165, 1.54) is 5.39 Å². The summed E-state index contributed by atoms with van der Waals surface area (Å²) in [6.07, 6.45) is 2.02. The van der Waals surface area contributed by atoms with Gasteiger partial charge in [-0.25, -0.2) is 0 Å². The minimum Gasteiger partial charge on any atom is -0.317 e. The van der Waals surface area contributed by atoms with Gasteiger partial charge in [-0.2, -0.15) is 5.26 Å². The van der Waals surface area contributed by atoms with Crippen molar-refractivity contribution in [2.45, 2.75) is 13.8 Å². The summed E-state index contributed by atoms with van der Waals surface area (Å²) >= 11 is 3.47. The van der Waals surface area contributed by atoms with E-state index in [2.05, 4.69) is 44.8 Å². The van der Waals surface area contributed by atoms with Crippen LogP contribution in [0.2, 0.25) is 0 Å². The zero-order chi connectivity index (χ0) is 14.5. The van der Waals surface area contributed by atoms with E-state index in [1.54, 1.807) is 0 Å². The number of benzene rings is 2. The maximum atomic E-state index is 8.94. The van der Waals surface area contributed by atoms with Crippen LogP contribution >= 0.6 is 15.9 Å². The Morgan fingerprint density at radius 3 is 2.60 bits per heavy atom. The molecular formula is C17H15BrN2. The molecule has 0 fully saturated rings. The van der Waals surface area contributed by atoms with Crippen molar-refractivity contribution in [2.24, 2.45) is 0 Å². The topological polar surface area (TPSA) is 28.7 Å². The molecule has 2 nitrogen and oxygen atoms in total. The van der Waals surface area contributed by atoms with Gasteiger partial charge in [0.1, 0.15) is 0 Å². The summed E-state index contributed by atoms with van der Waals surface area (Å²) in [5.74, 6) is 0. The summed E-state index contributed by atoms with van der Waals surface area (Å²) in [7, 11) is 0. The second-order valence-electron chi connectivity index (χ2n) is 4.05. The van der Waals surface area contributed by atoms with Gasteiger partial charge < -0.3 is 4.57 Å². The minimum atomic E-state index is 0.673. The van der Waals surface area contributed by atoms with Gasteiger partial charge in [0, 0.05) is 21.7 Å². The molecule has 0 N–H and O–H groups in total. The molecule has 0 atom stereocenters. The van der Waals surface area contributed by atoms with Crippen molar-refractivity contribution in [3.8, 4) is 11.8 Å². The summed E-state index contributed by atoms with van der Waals surface area (Å²) in [5.41, 5.74) is 2.81. The van der Waals surface area contributed by atoms with Crippen molar-refractivity contribution in [2.75, 3.05) is 0 Å². The summed E-state index contributed by atoms with van der Waals surface area (Å²) in [6, 6.07) is 18.0. The average Bonchev–Trinajstić information content (AvgIpc) is 2.92. The van der Waals surface area contributed by atoms with Crippen LogP contribution in [0.4, 0.5) is 0 Å². The smallest absolute Gasteiger partial charge is 0.0992 e. The molecule has 1 heterocycles. The first-order valence-electron chi connectivity index (χ1n) is 6.55. The number of nitrogens with zero attached hydrogens (tertiary/aromatic N) is 2. The van der Waals surface area contributed by atoms with Gasteiger partial charge in [-0.1, -0.05) is 35.8 Å². The Kier molecular flexibility index (Phi) is 4.60. The summed E-state index contributed by atoms with van der Waals surface area (Å²) in [4.78, 5) is 0. The zero-order valence-corrected chi connectivity index (χ0v) is 13.1. The number of rotatable bonds is 1. The molecule has 20 heavy (non-hydrogen) atoms. The molecular weight excluding hydrogens is 312 g/mol. The molecule has 2 aromatic carbocycles. The summed E-state index contributed by atoms with van der Waals surface area (Å²) in [5, 5.41) is 10.1. The third-order valence-electron chi connectivity index (χ3n) is 2.91. The molecule has 0 saturated heterocycles. The van der Waals surface area contributed by atoms with Crippen molar-refractivity contribution >= 4 is 26.8 Å². The number of hydrogen-bond acceptors (Lipinski definition) is 1. The molecule has 0 unspecified atom stereocenters. The van der Waals surface area contributed by atoms with Gasteiger partial charge in [0.25, 0.3) is 0 Å². The number of aromatic nitrogens is 1. The van der Waals surface area contributed by atoms with Gasteiger partial charge >= 0.3 is 0 Å². The van der Waals surface area contributed by atoms with Crippen molar-refractivity contribution in [3.05, 3.63) is 64.8 Å². The molecule has 100 valence electrons. The van der Waals surface area contributed by atoms with Crippen LogP contribution in [-0.4, -0.2) is 4.57 Å². The number of hydrogen-bond donors (Lipinski definition) is 0. The molecule has 3 heteroatoms. The number of fused-ring (bicyclic) bond motifs is 1. The fourth-order valence-corrected chi connectivity index (χ4v) is 2.44. The second kappa shape index (κ2) is 6.40. The van der Waals surface area contributed by atoms with E-state index < -0.39 is 0 Å². The van der Waals surface area contributed by atoms with Crippen LogP contribution in [0.15, 0.2) is 59.2 Å². The van der Waals surface area contributed by atoms with E-state index in [1.807, 2.05) is 50.4 Å². The lowest BCUT2D eigenvalue weighted by Crippen LogP contribution is -1.92. The highest BCUT2D eigenvalue weighted by Crippen LogP contribution is 2.24. The van der Waals surface area contributed by atoms with E-state index in [0.29, 0.717) is 5.56 Å². The van der Waals surface area contributed by atoms with Crippen molar-refractivity contribution in [3.63, 3.8) is 0 Å². The zero-order valence-electron chi connectivity index (χ0n) is 11.5. The molecule has 0 amide bonds. The van der Waals surface area contributed by atoms with Crippen molar-refractivity contribution < 1.29 is 0 Å². The van der Waals surface area contributed by atoms with Crippen LogP contribution in [0.5, 0.6) is 0 Å². The van der Waals surface area contributed by atoms with Crippen molar-refractivity contribution in [1.82, 2.24) is 4.57 Å². The molecule has 3 rings (SSSR count). The molecule has 0 spiro atoms. The highest BCUT2D eigenvalue weighted by Gasteiger charge is 2.04. The van der Waals surface area contributed by atoms with Gasteiger partial charge in [0.2, 0.25) is 0 Å². The summed E-state index contributed by atoms with van der Waals surface area (Å²) < 4.78 is 3.15. The Balaban J connectivity index is 0.000000704. The quantitative estimate of drug-likeness (QED) is 0.597. The maximum Gasteiger partial charge on any atom is 0.0992 e. The molecule has 0 saturated carbocycles. The molecule has 0 radical (unpaired) electrons. The first-order valence-corrected chi connectivity index (χ1v) is 7.34. The molecule has 3 aromatic rings. The van der Waals surface area contributed by atoms with E-state index in [0.717, 1.165) is 15.7 Å². The Morgan fingerprint density at radius 1 is 1.05 bits per heavy atom. The van der Waals surface area contributed by atoms with E-state index >= 15 is 0 Å². The Hall–Kier alpha value is -2.05. The average molecular weight is 327 g/mol. The largest absolute Gasteiger partial charge is 0.317 e. The predicted molar refractivity (Wildman–Crippen MR) is 87.0 cm³/mol. The fraction of sp³-hybridized carbons (Fsp3) is 0.118. The Labute approximate surface area is 127 Å². The molecule has 0 aliphatic carbocycles. The number of halogens is 1. The third-order valence-corrected chi connectivity index (χ3v) is 3.40. The van der Waals surface area contributed by atoms with Crippen LogP contribution in [-0.2, 0) is 0 Å². The Bertz CT molecular complexity index is 766. The fourth-order valence-electron chi connectivity index (χ4n) is 2.06. The maximum absolute atomic E-state index is 8.94. The second-order valence-corrected chi connectivity index (χ2v) is 4.97. The minimum absolute atomic E-state index is 0.673. The molecule has 0 aliphatic heterocycles. The molecule has 0 bridgehead atoms. The lowest BCUT2D eigenvalue weighted by molar-refractivity contribution is 1.13. The predicted octanol–water partition coefficient (Wildman–Crippen LogP) is 5.29. The van der Waals surface area contributed by atoms with Crippen LogP contribution in [0.3, 0.4) is 0 Å². The lowest BCUT2D eigenvalue weighted by atomic mass is 10.2. The van der Waals surface area contributed by atoms with E-state index in [9.17, 15) is 0 Å². The van der Waals surface area contributed by atoms with Crippen LogP contribution in [0.1, 0.15) is 19.4 Å². The standard InChI is InChI=1S/C15H9BrN2.C2H6/c16-13-4-5-15-12(9-13)6-7-18(15)14-3-1-2-11(8-14)10-17;1-2/h1-9H;1-2H3.